The smallest absolute Gasteiger partial charge is 0.110 e. The lowest BCUT2D eigenvalue weighted by Gasteiger charge is -2.15. The third-order valence-corrected chi connectivity index (χ3v) is 4.03. The van der Waals surface area contributed by atoms with Crippen LogP contribution in [0.1, 0.15) is 34.6 Å². The molecule has 0 heterocycles. The maximum atomic E-state index is 5.54. The van der Waals surface area contributed by atoms with Crippen LogP contribution in [0.3, 0.4) is 0 Å². The van der Waals surface area contributed by atoms with E-state index in [1.165, 1.54) is 0 Å². The monoisotopic (exact) mass is 194 g/mol. The molecule has 1 unspecified atom stereocenters. The predicted molar refractivity (Wildman–Crippen MR) is 56.0 cm³/mol. The standard InChI is InChI=1S/C8H18OS2/c1-6(2)9-8(5)11-10-7(3)4/h6-8H,1-5H3. The first-order chi connectivity index (χ1) is 5.02. The summed E-state index contributed by atoms with van der Waals surface area (Å²) in [6.45, 7) is 10.6. The molecule has 0 aromatic rings. The lowest BCUT2D eigenvalue weighted by Crippen LogP contribution is -2.09. The Morgan fingerprint density at radius 2 is 1.45 bits per heavy atom. The van der Waals surface area contributed by atoms with E-state index in [-0.39, 0.29) is 0 Å². The van der Waals surface area contributed by atoms with Crippen molar-refractivity contribution in [3.05, 3.63) is 0 Å². The van der Waals surface area contributed by atoms with Gasteiger partial charge in [0.05, 0.1) is 6.10 Å². The Morgan fingerprint density at radius 3 is 1.82 bits per heavy atom. The van der Waals surface area contributed by atoms with Crippen LogP contribution in [0, 0.1) is 0 Å². The molecule has 0 aromatic carbocycles. The molecule has 0 amide bonds. The summed E-state index contributed by atoms with van der Waals surface area (Å²) < 4.78 is 5.54. The van der Waals surface area contributed by atoms with Crippen molar-refractivity contribution < 1.29 is 4.74 Å². The highest BCUT2D eigenvalue weighted by Gasteiger charge is 2.06. The third kappa shape index (κ3) is 8.57. The zero-order chi connectivity index (χ0) is 8.85. The molecule has 0 N–H and O–H groups in total. The second kappa shape index (κ2) is 6.21. The summed E-state index contributed by atoms with van der Waals surface area (Å²) in [5, 5.41) is 0.679. The molecule has 11 heavy (non-hydrogen) atoms. The summed E-state index contributed by atoms with van der Waals surface area (Å²) >= 11 is 0. The van der Waals surface area contributed by atoms with Crippen LogP contribution in [0.2, 0.25) is 0 Å². The van der Waals surface area contributed by atoms with Crippen LogP contribution in [-0.2, 0) is 4.74 Å². The van der Waals surface area contributed by atoms with E-state index in [4.69, 9.17) is 4.74 Å². The van der Waals surface area contributed by atoms with Crippen molar-refractivity contribution in [1.29, 1.82) is 0 Å². The zero-order valence-electron chi connectivity index (χ0n) is 7.96. The molecule has 0 saturated heterocycles. The topological polar surface area (TPSA) is 9.23 Å². The number of hydrogen-bond donors (Lipinski definition) is 0. The summed E-state index contributed by atoms with van der Waals surface area (Å²) in [5.41, 5.74) is 0.308. The number of rotatable bonds is 5. The second-order valence-corrected chi connectivity index (χ2v) is 6.14. The van der Waals surface area contributed by atoms with Crippen LogP contribution in [0.15, 0.2) is 0 Å². The van der Waals surface area contributed by atoms with Crippen molar-refractivity contribution in [2.75, 3.05) is 0 Å². The van der Waals surface area contributed by atoms with Crippen LogP contribution in [-0.4, -0.2) is 16.8 Å². The van der Waals surface area contributed by atoms with E-state index in [9.17, 15) is 0 Å². The molecule has 68 valence electrons. The van der Waals surface area contributed by atoms with Crippen molar-refractivity contribution in [2.24, 2.45) is 0 Å². The molecule has 0 aliphatic carbocycles. The fourth-order valence-corrected chi connectivity index (χ4v) is 2.51. The van der Waals surface area contributed by atoms with Gasteiger partial charge in [0, 0.05) is 5.25 Å². The molecule has 0 aromatic heterocycles. The van der Waals surface area contributed by atoms with E-state index < -0.39 is 0 Å². The van der Waals surface area contributed by atoms with Gasteiger partial charge in [-0.2, -0.15) is 0 Å². The summed E-state index contributed by atoms with van der Waals surface area (Å²) in [4.78, 5) is 0. The average molecular weight is 194 g/mol. The average Bonchev–Trinajstić information content (AvgIpc) is 1.82. The largest absolute Gasteiger partial charge is 0.364 e. The maximum absolute atomic E-state index is 5.54. The minimum Gasteiger partial charge on any atom is -0.364 e. The van der Waals surface area contributed by atoms with Gasteiger partial charge < -0.3 is 4.74 Å². The van der Waals surface area contributed by atoms with Crippen LogP contribution < -0.4 is 0 Å². The van der Waals surface area contributed by atoms with Gasteiger partial charge in [0.25, 0.3) is 0 Å². The van der Waals surface area contributed by atoms with Gasteiger partial charge in [0.2, 0.25) is 0 Å². The lowest BCUT2D eigenvalue weighted by molar-refractivity contribution is 0.0699. The van der Waals surface area contributed by atoms with Crippen molar-refractivity contribution in [2.45, 2.75) is 51.4 Å². The van der Waals surface area contributed by atoms with E-state index in [1.807, 2.05) is 21.6 Å². The van der Waals surface area contributed by atoms with Crippen LogP contribution >= 0.6 is 21.6 Å². The molecular weight excluding hydrogens is 176 g/mol. The quantitative estimate of drug-likeness (QED) is 0.489. The summed E-state index contributed by atoms with van der Waals surface area (Å²) in [7, 11) is 3.68. The fraction of sp³-hybridized carbons (Fsp3) is 1.00. The first kappa shape index (κ1) is 11.7. The zero-order valence-corrected chi connectivity index (χ0v) is 9.59. The highest BCUT2D eigenvalue weighted by molar-refractivity contribution is 8.77. The van der Waals surface area contributed by atoms with Crippen molar-refractivity contribution in [3.8, 4) is 0 Å². The Kier molecular flexibility index (Phi) is 6.58. The van der Waals surface area contributed by atoms with Crippen LogP contribution in [0.4, 0.5) is 0 Å². The van der Waals surface area contributed by atoms with Crippen LogP contribution in [0.25, 0.3) is 0 Å². The molecule has 0 radical (unpaired) electrons. The first-order valence-corrected chi connectivity index (χ1v) is 6.27. The van der Waals surface area contributed by atoms with Crippen molar-refractivity contribution in [1.82, 2.24) is 0 Å². The Morgan fingerprint density at radius 1 is 0.909 bits per heavy atom. The minimum absolute atomic E-state index is 0.308. The summed E-state index contributed by atoms with van der Waals surface area (Å²) in [6.07, 6.45) is 0.338. The van der Waals surface area contributed by atoms with E-state index in [2.05, 4.69) is 34.6 Å². The highest BCUT2D eigenvalue weighted by atomic mass is 33.1. The van der Waals surface area contributed by atoms with Gasteiger partial charge in [-0.3, -0.25) is 0 Å². The van der Waals surface area contributed by atoms with E-state index in [1.54, 1.807) is 0 Å². The van der Waals surface area contributed by atoms with Gasteiger partial charge in [-0.15, -0.1) is 0 Å². The molecule has 0 fully saturated rings. The van der Waals surface area contributed by atoms with Gasteiger partial charge in [-0.05, 0) is 20.8 Å². The Balaban J connectivity index is 3.29. The van der Waals surface area contributed by atoms with Gasteiger partial charge in [-0.25, -0.2) is 0 Å². The molecule has 0 spiro atoms. The molecular formula is C8H18OS2. The summed E-state index contributed by atoms with van der Waals surface area (Å²) in [6, 6.07) is 0. The molecule has 0 bridgehead atoms. The third-order valence-electron chi connectivity index (χ3n) is 0.847. The fourth-order valence-electron chi connectivity index (χ4n) is 0.595. The molecule has 0 aliphatic rings. The molecule has 0 saturated carbocycles. The number of hydrogen-bond acceptors (Lipinski definition) is 3. The van der Waals surface area contributed by atoms with Gasteiger partial charge >= 0.3 is 0 Å². The van der Waals surface area contributed by atoms with Crippen molar-refractivity contribution in [3.63, 3.8) is 0 Å². The Hall–Kier alpha value is 0.660. The van der Waals surface area contributed by atoms with Gasteiger partial charge in [-0.1, -0.05) is 35.4 Å². The van der Waals surface area contributed by atoms with Crippen molar-refractivity contribution >= 4 is 21.6 Å². The van der Waals surface area contributed by atoms with E-state index >= 15 is 0 Å². The Bertz CT molecular complexity index is 94.1. The first-order valence-electron chi connectivity index (χ1n) is 4.00. The molecule has 0 rings (SSSR count). The SMILES string of the molecule is CC(C)OC(C)SSC(C)C. The molecule has 0 aliphatic heterocycles. The normalized spacial score (nSPS) is 14.5. The van der Waals surface area contributed by atoms with E-state index in [0.29, 0.717) is 16.8 Å². The molecule has 1 nitrogen and oxygen atoms in total. The van der Waals surface area contributed by atoms with Gasteiger partial charge in [0.15, 0.2) is 0 Å². The van der Waals surface area contributed by atoms with Crippen LogP contribution in [0.5, 0.6) is 0 Å². The Labute approximate surface area is 78.1 Å². The lowest BCUT2D eigenvalue weighted by atomic mass is 10.5. The molecule has 3 heteroatoms. The predicted octanol–water partition coefficient (Wildman–Crippen LogP) is 3.55. The van der Waals surface area contributed by atoms with Gasteiger partial charge in [0.1, 0.15) is 5.44 Å². The minimum atomic E-state index is 0.308. The number of ether oxygens (including phenoxy) is 1. The maximum Gasteiger partial charge on any atom is 0.110 e. The molecule has 1 atom stereocenters. The summed E-state index contributed by atoms with van der Waals surface area (Å²) in [5.74, 6) is 0. The second-order valence-electron chi connectivity index (χ2n) is 2.99. The highest BCUT2D eigenvalue weighted by Crippen LogP contribution is 2.31. The van der Waals surface area contributed by atoms with E-state index in [0.717, 1.165) is 0 Å².